The smallest absolute Gasteiger partial charge is 0.151 e. The fourth-order valence-corrected chi connectivity index (χ4v) is 2.01. The summed E-state index contributed by atoms with van der Waals surface area (Å²) in [7, 11) is 0. The number of halogens is 2. The Bertz CT molecular complexity index is 413. The molecule has 0 radical (unpaired) electrons. The van der Waals surface area contributed by atoms with Gasteiger partial charge in [0, 0.05) is 10.6 Å². The van der Waals surface area contributed by atoms with Crippen LogP contribution in [0, 0.1) is 5.82 Å². The van der Waals surface area contributed by atoms with Crippen LogP contribution in [0.4, 0.5) is 4.39 Å². The van der Waals surface area contributed by atoms with Crippen LogP contribution in [0.1, 0.15) is 5.69 Å². The van der Waals surface area contributed by atoms with Gasteiger partial charge in [0.15, 0.2) is 5.15 Å². The number of benzene rings is 1. The molecular weight excluding hydrogens is 247 g/mol. The minimum atomic E-state index is -0.226. The number of hydrogen-bond donors (Lipinski definition) is 0. The number of rotatable bonds is 3. The van der Waals surface area contributed by atoms with Crippen LogP contribution in [0.3, 0.4) is 0 Å². The van der Waals surface area contributed by atoms with Gasteiger partial charge in [-0.05, 0) is 36.4 Å². The monoisotopic (exact) mass is 254 g/mol. The van der Waals surface area contributed by atoms with E-state index in [2.05, 4.69) is 10.2 Å². The van der Waals surface area contributed by atoms with Crippen molar-refractivity contribution in [3.05, 3.63) is 53.1 Å². The Balaban J connectivity index is 1.97. The third kappa shape index (κ3) is 3.18. The van der Waals surface area contributed by atoms with E-state index in [1.807, 2.05) is 6.07 Å². The molecule has 2 nitrogen and oxygen atoms in total. The van der Waals surface area contributed by atoms with Crippen LogP contribution in [0.2, 0.25) is 5.15 Å². The quantitative estimate of drug-likeness (QED) is 0.784. The van der Waals surface area contributed by atoms with E-state index in [1.54, 1.807) is 30.0 Å². The lowest BCUT2D eigenvalue weighted by molar-refractivity contribution is 0.626. The first-order chi connectivity index (χ1) is 7.74. The third-order valence-corrected chi connectivity index (χ3v) is 3.13. The van der Waals surface area contributed by atoms with Crippen LogP contribution in [-0.4, -0.2) is 10.2 Å². The molecule has 0 saturated heterocycles. The highest BCUT2D eigenvalue weighted by Gasteiger charge is 1.99. The average Bonchev–Trinajstić information content (AvgIpc) is 2.30. The molecule has 0 bridgehead atoms. The highest BCUT2D eigenvalue weighted by Crippen LogP contribution is 2.21. The molecule has 0 atom stereocenters. The predicted octanol–water partition coefficient (Wildman–Crippen LogP) is 3.56. The fraction of sp³-hybridized carbons (Fsp3) is 0.0909. The summed E-state index contributed by atoms with van der Waals surface area (Å²) in [6, 6.07) is 9.89. The Morgan fingerprint density at radius 3 is 2.44 bits per heavy atom. The van der Waals surface area contributed by atoms with Crippen molar-refractivity contribution in [2.24, 2.45) is 0 Å². The minimum absolute atomic E-state index is 0.226. The molecule has 82 valence electrons. The lowest BCUT2D eigenvalue weighted by Crippen LogP contribution is -1.89. The minimum Gasteiger partial charge on any atom is -0.207 e. The van der Waals surface area contributed by atoms with Crippen molar-refractivity contribution in [3.63, 3.8) is 0 Å². The third-order valence-electron chi connectivity index (χ3n) is 1.89. The highest BCUT2D eigenvalue weighted by molar-refractivity contribution is 7.98. The van der Waals surface area contributed by atoms with Crippen LogP contribution in [-0.2, 0) is 5.75 Å². The van der Waals surface area contributed by atoms with Gasteiger partial charge in [0.05, 0.1) is 5.69 Å². The first-order valence-corrected chi connectivity index (χ1v) is 5.97. The number of hydrogen-bond acceptors (Lipinski definition) is 3. The summed E-state index contributed by atoms with van der Waals surface area (Å²) >= 11 is 7.20. The van der Waals surface area contributed by atoms with E-state index in [-0.39, 0.29) is 5.82 Å². The molecular formula is C11H8ClFN2S. The van der Waals surface area contributed by atoms with E-state index in [0.717, 1.165) is 10.6 Å². The van der Waals surface area contributed by atoms with Gasteiger partial charge in [0.2, 0.25) is 0 Å². The summed E-state index contributed by atoms with van der Waals surface area (Å²) < 4.78 is 12.6. The molecule has 2 aromatic rings. The Labute approximate surface area is 102 Å². The maximum Gasteiger partial charge on any atom is 0.151 e. The van der Waals surface area contributed by atoms with Crippen LogP contribution in [0.5, 0.6) is 0 Å². The molecule has 0 aliphatic heterocycles. The maximum atomic E-state index is 12.6. The van der Waals surface area contributed by atoms with Gasteiger partial charge in [-0.1, -0.05) is 11.6 Å². The summed E-state index contributed by atoms with van der Waals surface area (Å²) in [4.78, 5) is 0.998. The van der Waals surface area contributed by atoms with Crippen LogP contribution < -0.4 is 0 Å². The van der Waals surface area contributed by atoms with Crippen molar-refractivity contribution in [1.29, 1.82) is 0 Å². The Morgan fingerprint density at radius 1 is 1.06 bits per heavy atom. The molecule has 0 aliphatic rings. The van der Waals surface area contributed by atoms with Crippen molar-refractivity contribution in [2.45, 2.75) is 10.6 Å². The Kier molecular flexibility index (Phi) is 3.74. The first kappa shape index (κ1) is 11.4. The molecule has 1 aromatic heterocycles. The van der Waals surface area contributed by atoms with Crippen molar-refractivity contribution in [2.75, 3.05) is 0 Å². The number of nitrogens with zero attached hydrogens (tertiary/aromatic N) is 2. The first-order valence-electron chi connectivity index (χ1n) is 4.60. The molecule has 0 saturated carbocycles. The summed E-state index contributed by atoms with van der Waals surface area (Å²) in [5.41, 5.74) is 0.846. The van der Waals surface area contributed by atoms with Gasteiger partial charge >= 0.3 is 0 Å². The molecule has 5 heteroatoms. The van der Waals surface area contributed by atoms with Crippen molar-refractivity contribution in [3.8, 4) is 0 Å². The largest absolute Gasteiger partial charge is 0.207 e. The van der Waals surface area contributed by atoms with Crippen molar-refractivity contribution < 1.29 is 4.39 Å². The SMILES string of the molecule is Fc1ccc(SCc2ccc(Cl)nn2)cc1. The van der Waals surface area contributed by atoms with Crippen LogP contribution >= 0.6 is 23.4 Å². The number of aromatic nitrogens is 2. The molecule has 2 rings (SSSR count). The number of thioether (sulfide) groups is 1. The van der Waals surface area contributed by atoms with Crippen LogP contribution in [0.25, 0.3) is 0 Å². The topological polar surface area (TPSA) is 25.8 Å². The van der Waals surface area contributed by atoms with Gasteiger partial charge in [-0.3, -0.25) is 0 Å². The summed E-state index contributed by atoms with van der Waals surface area (Å²) in [6.07, 6.45) is 0. The molecule has 1 heterocycles. The van der Waals surface area contributed by atoms with Gasteiger partial charge in [0.1, 0.15) is 5.82 Å². The molecule has 0 aliphatic carbocycles. The zero-order chi connectivity index (χ0) is 11.4. The van der Waals surface area contributed by atoms with Gasteiger partial charge in [-0.2, -0.15) is 5.10 Å². The van der Waals surface area contributed by atoms with Gasteiger partial charge in [0.25, 0.3) is 0 Å². The second-order valence-electron chi connectivity index (χ2n) is 3.09. The van der Waals surface area contributed by atoms with E-state index >= 15 is 0 Å². The average molecular weight is 255 g/mol. The molecule has 0 spiro atoms. The van der Waals surface area contributed by atoms with Crippen molar-refractivity contribution >= 4 is 23.4 Å². The molecule has 0 N–H and O–H groups in total. The van der Waals surface area contributed by atoms with Gasteiger partial charge in [-0.15, -0.1) is 16.9 Å². The zero-order valence-corrected chi connectivity index (χ0v) is 9.80. The van der Waals surface area contributed by atoms with E-state index in [4.69, 9.17) is 11.6 Å². The molecule has 0 amide bonds. The van der Waals surface area contributed by atoms with E-state index in [1.165, 1.54) is 12.1 Å². The maximum absolute atomic E-state index is 12.6. The second-order valence-corrected chi connectivity index (χ2v) is 4.53. The Hall–Kier alpha value is -1.13. The van der Waals surface area contributed by atoms with E-state index in [9.17, 15) is 4.39 Å². The van der Waals surface area contributed by atoms with Crippen LogP contribution in [0.15, 0.2) is 41.3 Å². The normalized spacial score (nSPS) is 10.4. The van der Waals surface area contributed by atoms with Gasteiger partial charge < -0.3 is 0 Å². The molecule has 16 heavy (non-hydrogen) atoms. The van der Waals surface area contributed by atoms with E-state index in [0.29, 0.717) is 10.9 Å². The molecule has 0 fully saturated rings. The Morgan fingerprint density at radius 2 is 1.81 bits per heavy atom. The summed E-state index contributed by atoms with van der Waals surface area (Å²) in [6.45, 7) is 0. The lowest BCUT2D eigenvalue weighted by Gasteiger charge is -2.00. The molecule has 1 aromatic carbocycles. The fourth-order valence-electron chi connectivity index (χ4n) is 1.11. The standard InChI is InChI=1S/C11H8ClFN2S/c12-11-6-3-9(14-15-11)7-16-10-4-1-8(13)2-5-10/h1-6H,7H2. The summed E-state index contributed by atoms with van der Waals surface area (Å²) in [5.74, 6) is 0.464. The molecule has 0 unspecified atom stereocenters. The predicted molar refractivity (Wildman–Crippen MR) is 63.0 cm³/mol. The second kappa shape index (κ2) is 5.27. The van der Waals surface area contributed by atoms with E-state index < -0.39 is 0 Å². The van der Waals surface area contributed by atoms with Gasteiger partial charge in [-0.25, -0.2) is 4.39 Å². The summed E-state index contributed by atoms with van der Waals surface area (Å²) in [5, 5.41) is 8.07. The highest BCUT2D eigenvalue weighted by atomic mass is 35.5. The zero-order valence-electron chi connectivity index (χ0n) is 8.23. The van der Waals surface area contributed by atoms with Crippen molar-refractivity contribution in [1.82, 2.24) is 10.2 Å². The lowest BCUT2D eigenvalue weighted by atomic mass is 10.4.